The Labute approximate surface area is 103 Å². The molecule has 0 atom stereocenters. The maximum atomic E-state index is 5.73. The first kappa shape index (κ1) is 13.5. The molecule has 0 aliphatic heterocycles. The molecule has 2 nitrogen and oxygen atoms in total. The highest BCUT2D eigenvalue weighted by Gasteiger charge is 1.94. The molecule has 0 amide bonds. The number of hydrogen-bond acceptors (Lipinski definition) is 2. The minimum absolute atomic E-state index is 0.588. The summed E-state index contributed by atoms with van der Waals surface area (Å²) in [4.78, 5) is 0. The molecule has 1 aromatic carbocycles. The molecule has 0 saturated heterocycles. The van der Waals surface area contributed by atoms with Crippen LogP contribution in [0.1, 0.15) is 24.0 Å². The van der Waals surface area contributed by atoms with Crippen LogP contribution in [0.3, 0.4) is 0 Å². The predicted molar refractivity (Wildman–Crippen MR) is 68.8 cm³/mol. The van der Waals surface area contributed by atoms with E-state index in [1.165, 1.54) is 11.1 Å². The molecule has 0 fully saturated rings. The maximum absolute atomic E-state index is 5.73. The molecule has 1 N–H and O–H groups in total. The van der Waals surface area contributed by atoms with Crippen molar-refractivity contribution in [2.75, 3.05) is 20.3 Å². The number of hydrogen-bond donors (Lipinski definition) is 1. The summed E-state index contributed by atoms with van der Waals surface area (Å²) >= 11 is 5.73. The lowest BCUT2D eigenvalue weighted by Gasteiger charge is -2.05. The average molecular weight is 242 g/mol. The minimum atomic E-state index is 0.588. The summed E-state index contributed by atoms with van der Waals surface area (Å²) in [6.45, 7) is 2.82. The standard InChI is InChI=1S/C13H20ClNO/c1-16-9-3-2-8-15-11-13-6-4-12(10-14)5-7-13/h4-7,15H,2-3,8-11H2,1H3. The van der Waals surface area contributed by atoms with Gasteiger partial charge >= 0.3 is 0 Å². The molecular formula is C13H20ClNO. The number of benzene rings is 1. The smallest absolute Gasteiger partial charge is 0.0474 e. The van der Waals surface area contributed by atoms with Crippen molar-refractivity contribution < 1.29 is 4.74 Å². The van der Waals surface area contributed by atoms with Gasteiger partial charge in [0.2, 0.25) is 0 Å². The van der Waals surface area contributed by atoms with Gasteiger partial charge in [-0.05, 0) is 30.5 Å². The SMILES string of the molecule is COCCCCNCc1ccc(CCl)cc1. The Morgan fingerprint density at radius 3 is 2.44 bits per heavy atom. The Hall–Kier alpha value is -0.570. The number of nitrogens with one attached hydrogen (secondary N) is 1. The van der Waals surface area contributed by atoms with Crippen molar-refractivity contribution in [3.8, 4) is 0 Å². The number of methoxy groups -OCH3 is 1. The van der Waals surface area contributed by atoms with E-state index in [4.69, 9.17) is 16.3 Å². The fourth-order valence-corrected chi connectivity index (χ4v) is 1.65. The molecule has 90 valence electrons. The van der Waals surface area contributed by atoms with Crippen LogP contribution in [0.4, 0.5) is 0 Å². The van der Waals surface area contributed by atoms with Crippen LogP contribution in [0, 0.1) is 0 Å². The first-order chi connectivity index (χ1) is 7.86. The zero-order valence-corrected chi connectivity index (χ0v) is 10.6. The molecule has 3 heteroatoms. The van der Waals surface area contributed by atoms with Gasteiger partial charge in [0.05, 0.1) is 0 Å². The van der Waals surface area contributed by atoms with Gasteiger partial charge < -0.3 is 10.1 Å². The zero-order valence-electron chi connectivity index (χ0n) is 9.84. The van der Waals surface area contributed by atoms with Crippen molar-refractivity contribution in [3.05, 3.63) is 35.4 Å². The molecule has 0 unspecified atom stereocenters. The highest BCUT2D eigenvalue weighted by atomic mass is 35.5. The number of alkyl halides is 1. The zero-order chi connectivity index (χ0) is 11.6. The van der Waals surface area contributed by atoms with E-state index < -0.39 is 0 Å². The average Bonchev–Trinajstić information content (AvgIpc) is 2.34. The third-order valence-electron chi connectivity index (χ3n) is 2.46. The summed E-state index contributed by atoms with van der Waals surface area (Å²) in [6, 6.07) is 8.41. The molecule has 16 heavy (non-hydrogen) atoms. The van der Waals surface area contributed by atoms with E-state index in [2.05, 4.69) is 29.6 Å². The third-order valence-corrected chi connectivity index (χ3v) is 2.77. The van der Waals surface area contributed by atoms with Crippen LogP contribution in [0.2, 0.25) is 0 Å². The summed E-state index contributed by atoms with van der Waals surface area (Å²) in [5, 5.41) is 3.41. The second kappa shape index (κ2) is 8.57. The van der Waals surface area contributed by atoms with Crippen LogP contribution in [0.15, 0.2) is 24.3 Å². The number of unbranched alkanes of at least 4 members (excludes halogenated alkanes) is 1. The van der Waals surface area contributed by atoms with Crippen LogP contribution in [0.5, 0.6) is 0 Å². The quantitative estimate of drug-likeness (QED) is 0.558. The third kappa shape index (κ3) is 5.50. The molecule has 0 bridgehead atoms. The fraction of sp³-hybridized carbons (Fsp3) is 0.538. The summed E-state index contributed by atoms with van der Waals surface area (Å²) in [5.74, 6) is 0.588. The van der Waals surface area contributed by atoms with E-state index in [0.29, 0.717) is 5.88 Å². The van der Waals surface area contributed by atoms with Gasteiger partial charge in [0.1, 0.15) is 0 Å². The van der Waals surface area contributed by atoms with Gasteiger partial charge in [-0.3, -0.25) is 0 Å². The molecule has 0 aliphatic rings. The largest absolute Gasteiger partial charge is 0.385 e. The van der Waals surface area contributed by atoms with Crippen molar-refractivity contribution in [1.82, 2.24) is 5.32 Å². The topological polar surface area (TPSA) is 21.3 Å². The van der Waals surface area contributed by atoms with Crippen molar-refractivity contribution in [3.63, 3.8) is 0 Å². The number of rotatable bonds is 8. The predicted octanol–water partition coefficient (Wildman–Crippen LogP) is 2.94. The lowest BCUT2D eigenvalue weighted by atomic mass is 10.1. The molecular weight excluding hydrogens is 222 g/mol. The van der Waals surface area contributed by atoms with Gasteiger partial charge in [0, 0.05) is 26.1 Å². The van der Waals surface area contributed by atoms with Gasteiger partial charge in [-0.15, -0.1) is 11.6 Å². The van der Waals surface area contributed by atoms with Gasteiger partial charge in [-0.1, -0.05) is 24.3 Å². The Kier molecular flexibility index (Phi) is 7.23. The first-order valence-corrected chi connectivity index (χ1v) is 6.23. The highest BCUT2D eigenvalue weighted by molar-refractivity contribution is 6.17. The number of halogens is 1. The Bertz CT molecular complexity index is 274. The van der Waals surface area contributed by atoms with E-state index in [9.17, 15) is 0 Å². The monoisotopic (exact) mass is 241 g/mol. The summed E-state index contributed by atoms with van der Waals surface area (Å²) in [5.41, 5.74) is 2.48. The first-order valence-electron chi connectivity index (χ1n) is 5.70. The second-order valence-corrected chi connectivity index (χ2v) is 4.09. The van der Waals surface area contributed by atoms with Crippen LogP contribution >= 0.6 is 11.6 Å². The van der Waals surface area contributed by atoms with E-state index in [1.54, 1.807) is 7.11 Å². The molecule has 0 heterocycles. The van der Waals surface area contributed by atoms with Crippen LogP contribution < -0.4 is 5.32 Å². The minimum Gasteiger partial charge on any atom is -0.385 e. The summed E-state index contributed by atoms with van der Waals surface area (Å²) in [7, 11) is 1.74. The van der Waals surface area contributed by atoms with Gasteiger partial charge in [0.25, 0.3) is 0 Å². The molecule has 1 rings (SSSR count). The van der Waals surface area contributed by atoms with Crippen LogP contribution in [0.25, 0.3) is 0 Å². The van der Waals surface area contributed by atoms with Gasteiger partial charge in [0.15, 0.2) is 0 Å². The molecule has 0 radical (unpaired) electrons. The lowest BCUT2D eigenvalue weighted by molar-refractivity contribution is 0.192. The Morgan fingerprint density at radius 1 is 1.12 bits per heavy atom. The lowest BCUT2D eigenvalue weighted by Crippen LogP contribution is -2.15. The second-order valence-electron chi connectivity index (χ2n) is 3.83. The van der Waals surface area contributed by atoms with Crippen molar-refractivity contribution >= 4 is 11.6 Å². The molecule has 0 saturated carbocycles. The normalized spacial score (nSPS) is 10.6. The Balaban J connectivity index is 2.12. The van der Waals surface area contributed by atoms with E-state index in [0.717, 1.165) is 32.5 Å². The number of ether oxygens (including phenoxy) is 1. The maximum Gasteiger partial charge on any atom is 0.0474 e. The Morgan fingerprint density at radius 2 is 1.81 bits per heavy atom. The highest BCUT2D eigenvalue weighted by Crippen LogP contribution is 2.06. The fourth-order valence-electron chi connectivity index (χ4n) is 1.48. The van der Waals surface area contributed by atoms with Crippen molar-refractivity contribution in [1.29, 1.82) is 0 Å². The van der Waals surface area contributed by atoms with Crippen molar-refractivity contribution in [2.45, 2.75) is 25.3 Å². The molecule has 0 aliphatic carbocycles. The van der Waals surface area contributed by atoms with E-state index in [-0.39, 0.29) is 0 Å². The van der Waals surface area contributed by atoms with E-state index in [1.807, 2.05) is 0 Å². The summed E-state index contributed by atoms with van der Waals surface area (Å²) in [6.07, 6.45) is 2.28. The van der Waals surface area contributed by atoms with Gasteiger partial charge in [-0.2, -0.15) is 0 Å². The molecule has 1 aromatic rings. The molecule has 0 aromatic heterocycles. The van der Waals surface area contributed by atoms with Gasteiger partial charge in [-0.25, -0.2) is 0 Å². The summed E-state index contributed by atoms with van der Waals surface area (Å²) < 4.78 is 4.99. The molecule has 0 spiro atoms. The van der Waals surface area contributed by atoms with Crippen LogP contribution in [-0.2, 0) is 17.2 Å². The van der Waals surface area contributed by atoms with Crippen molar-refractivity contribution in [2.24, 2.45) is 0 Å². The van der Waals surface area contributed by atoms with E-state index >= 15 is 0 Å². The van der Waals surface area contributed by atoms with Crippen LogP contribution in [-0.4, -0.2) is 20.3 Å².